The molecule has 0 unspecified atom stereocenters. The van der Waals surface area contributed by atoms with Crippen molar-refractivity contribution in [2.24, 2.45) is 0 Å². The van der Waals surface area contributed by atoms with Gasteiger partial charge in [-0.3, -0.25) is 4.79 Å². The highest BCUT2D eigenvalue weighted by Crippen LogP contribution is 2.26. The van der Waals surface area contributed by atoms with Crippen LogP contribution >= 0.6 is 15.9 Å². The first-order chi connectivity index (χ1) is 7.50. The van der Waals surface area contributed by atoms with E-state index in [4.69, 9.17) is 5.11 Å². The quantitative estimate of drug-likeness (QED) is 0.832. The summed E-state index contributed by atoms with van der Waals surface area (Å²) in [6, 6.07) is 5.20. The third kappa shape index (κ3) is 1.63. The summed E-state index contributed by atoms with van der Waals surface area (Å²) in [5.74, 6) is -1.39. The maximum absolute atomic E-state index is 11.3. The highest BCUT2D eigenvalue weighted by atomic mass is 79.9. The second-order valence-electron chi connectivity index (χ2n) is 3.43. The van der Waals surface area contributed by atoms with Crippen LogP contribution in [-0.4, -0.2) is 21.8 Å². The lowest BCUT2D eigenvalue weighted by Gasteiger charge is -1.95. The number of aromatic nitrogens is 1. The Kier molecular flexibility index (Phi) is 2.55. The average molecular weight is 282 g/mol. The summed E-state index contributed by atoms with van der Waals surface area (Å²) >= 11 is 3.27. The van der Waals surface area contributed by atoms with E-state index < -0.39 is 5.97 Å². The Morgan fingerprint density at radius 3 is 2.62 bits per heavy atom. The molecule has 1 aromatic heterocycles. The number of aromatic carboxylic acids is 1. The molecule has 5 heteroatoms. The molecule has 0 aliphatic carbocycles. The highest BCUT2D eigenvalue weighted by Gasteiger charge is 2.20. The van der Waals surface area contributed by atoms with Gasteiger partial charge in [0.05, 0.1) is 11.3 Å². The molecule has 2 N–H and O–H groups in total. The third-order valence-electron chi connectivity index (χ3n) is 2.33. The lowest BCUT2D eigenvalue weighted by atomic mass is 10.1. The van der Waals surface area contributed by atoms with Crippen molar-refractivity contribution in [2.45, 2.75) is 6.92 Å². The predicted molar refractivity (Wildman–Crippen MR) is 63.0 cm³/mol. The SMILES string of the molecule is CC(=O)c1[nH]c2ccc(Br)cc2c1C(=O)O. The number of benzene rings is 1. The number of hydrogen-bond donors (Lipinski definition) is 2. The molecule has 0 bridgehead atoms. The fraction of sp³-hybridized carbons (Fsp3) is 0.0909. The fourth-order valence-corrected chi connectivity index (χ4v) is 2.01. The first-order valence-corrected chi connectivity index (χ1v) is 5.35. The van der Waals surface area contributed by atoms with Gasteiger partial charge in [-0.25, -0.2) is 4.79 Å². The number of carbonyl (C=O) groups is 2. The molecule has 0 fully saturated rings. The largest absolute Gasteiger partial charge is 0.478 e. The Morgan fingerprint density at radius 2 is 2.06 bits per heavy atom. The number of carboxylic acids is 1. The van der Waals surface area contributed by atoms with E-state index in [1.807, 2.05) is 0 Å². The van der Waals surface area contributed by atoms with Gasteiger partial charge in [0.1, 0.15) is 0 Å². The Bertz CT molecular complexity index is 601. The number of Topliss-reactive ketones (excluding diaryl/α,β-unsaturated/α-hetero) is 1. The molecule has 1 heterocycles. The first kappa shape index (κ1) is 10.9. The van der Waals surface area contributed by atoms with Crippen molar-refractivity contribution >= 4 is 38.6 Å². The minimum Gasteiger partial charge on any atom is -0.478 e. The predicted octanol–water partition coefficient (Wildman–Crippen LogP) is 2.83. The summed E-state index contributed by atoms with van der Waals surface area (Å²) in [4.78, 5) is 25.3. The molecule has 2 aromatic rings. The summed E-state index contributed by atoms with van der Waals surface area (Å²) in [6.07, 6.45) is 0. The summed E-state index contributed by atoms with van der Waals surface area (Å²) in [7, 11) is 0. The smallest absolute Gasteiger partial charge is 0.338 e. The van der Waals surface area contributed by atoms with Gasteiger partial charge in [0.15, 0.2) is 5.78 Å². The van der Waals surface area contributed by atoms with Crippen molar-refractivity contribution in [3.05, 3.63) is 33.9 Å². The van der Waals surface area contributed by atoms with Gasteiger partial charge in [-0.2, -0.15) is 0 Å². The van der Waals surface area contributed by atoms with Gasteiger partial charge >= 0.3 is 5.97 Å². The van der Waals surface area contributed by atoms with Crippen LogP contribution in [0.2, 0.25) is 0 Å². The Hall–Kier alpha value is -1.62. The molecule has 1 aromatic carbocycles. The summed E-state index contributed by atoms with van der Waals surface area (Å²) in [5, 5.41) is 9.64. The van der Waals surface area contributed by atoms with E-state index in [2.05, 4.69) is 20.9 Å². The van der Waals surface area contributed by atoms with Gasteiger partial charge in [-0.1, -0.05) is 15.9 Å². The van der Waals surface area contributed by atoms with Crippen LogP contribution in [0.3, 0.4) is 0 Å². The number of rotatable bonds is 2. The molecular weight excluding hydrogens is 274 g/mol. The fourth-order valence-electron chi connectivity index (χ4n) is 1.65. The number of ketones is 1. The van der Waals surface area contributed by atoms with Gasteiger partial charge in [-0.15, -0.1) is 0 Å². The third-order valence-corrected chi connectivity index (χ3v) is 2.82. The van der Waals surface area contributed by atoms with Crippen molar-refractivity contribution in [1.29, 1.82) is 0 Å². The standard InChI is InChI=1S/C11H8BrNO3/c1-5(14)10-9(11(15)16)7-4-6(12)2-3-8(7)13-10/h2-4,13H,1H3,(H,15,16). The summed E-state index contributed by atoms with van der Waals surface area (Å²) in [6.45, 7) is 1.34. The molecular formula is C11H8BrNO3. The minimum absolute atomic E-state index is 0.0313. The van der Waals surface area contributed by atoms with Crippen LogP contribution < -0.4 is 0 Å². The van der Waals surface area contributed by atoms with E-state index in [9.17, 15) is 9.59 Å². The number of nitrogens with one attached hydrogen (secondary N) is 1. The highest BCUT2D eigenvalue weighted by molar-refractivity contribution is 9.10. The average Bonchev–Trinajstić information content (AvgIpc) is 2.55. The Balaban J connectivity index is 2.88. The first-order valence-electron chi connectivity index (χ1n) is 4.56. The van der Waals surface area contributed by atoms with Gasteiger partial charge in [0, 0.05) is 22.3 Å². The zero-order valence-corrected chi connectivity index (χ0v) is 9.96. The lowest BCUT2D eigenvalue weighted by Crippen LogP contribution is -2.04. The summed E-state index contributed by atoms with van der Waals surface area (Å²) in [5.41, 5.74) is 0.815. The van der Waals surface area contributed by atoms with Gasteiger partial charge in [-0.05, 0) is 18.2 Å². The zero-order chi connectivity index (χ0) is 11.9. The molecule has 16 heavy (non-hydrogen) atoms. The van der Waals surface area contributed by atoms with Crippen molar-refractivity contribution in [1.82, 2.24) is 4.98 Å². The second-order valence-corrected chi connectivity index (χ2v) is 4.34. The number of H-pyrrole nitrogens is 1. The van der Waals surface area contributed by atoms with Crippen LogP contribution in [0.4, 0.5) is 0 Å². The molecule has 0 radical (unpaired) electrons. The van der Waals surface area contributed by atoms with Crippen LogP contribution in [0.5, 0.6) is 0 Å². The monoisotopic (exact) mass is 281 g/mol. The van der Waals surface area contributed by atoms with Gasteiger partial charge in [0.2, 0.25) is 0 Å². The molecule has 0 saturated carbocycles. The maximum Gasteiger partial charge on any atom is 0.338 e. The zero-order valence-electron chi connectivity index (χ0n) is 8.37. The lowest BCUT2D eigenvalue weighted by molar-refractivity contribution is 0.0694. The van der Waals surface area contributed by atoms with E-state index in [1.54, 1.807) is 18.2 Å². The second kappa shape index (κ2) is 3.75. The summed E-state index contributed by atoms with van der Waals surface area (Å²) < 4.78 is 0.775. The number of carbonyl (C=O) groups excluding carboxylic acids is 1. The number of halogens is 1. The van der Waals surface area contributed by atoms with Crippen molar-refractivity contribution in [3.8, 4) is 0 Å². The molecule has 82 valence electrons. The number of fused-ring (bicyclic) bond motifs is 1. The van der Waals surface area contributed by atoms with E-state index in [-0.39, 0.29) is 17.0 Å². The maximum atomic E-state index is 11.3. The minimum atomic E-state index is -1.10. The molecule has 4 nitrogen and oxygen atoms in total. The van der Waals surface area contributed by atoms with E-state index in [1.165, 1.54) is 6.92 Å². The van der Waals surface area contributed by atoms with Gasteiger partial charge < -0.3 is 10.1 Å². The van der Waals surface area contributed by atoms with E-state index >= 15 is 0 Å². The van der Waals surface area contributed by atoms with Crippen molar-refractivity contribution < 1.29 is 14.7 Å². The van der Waals surface area contributed by atoms with Crippen LogP contribution in [0.1, 0.15) is 27.8 Å². The van der Waals surface area contributed by atoms with E-state index in [0.717, 1.165) is 4.47 Å². The van der Waals surface area contributed by atoms with Crippen molar-refractivity contribution in [3.63, 3.8) is 0 Å². The number of aromatic amines is 1. The van der Waals surface area contributed by atoms with Crippen molar-refractivity contribution in [2.75, 3.05) is 0 Å². The van der Waals surface area contributed by atoms with E-state index in [0.29, 0.717) is 10.9 Å². The number of hydrogen-bond acceptors (Lipinski definition) is 2. The van der Waals surface area contributed by atoms with Crippen LogP contribution in [0.15, 0.2) is 22.7 Å². The molecule has 0 spiro atoms. The Morgan fingerprint density at radius 1 is 1.38 bits per heavy atom. The molecule has 0 atom stereocenters. The van der Waals surface area contributed by atoms with Crippen LogP contribution in [0.25, 0.3) is 10.9 Å². The molecule has 0 amide bonds. The molecule has 0 aliphatic rings. The van der Waals surface area contributed by atoms with Crippen LogP contribution in [-0.2, 0) is 0 Å². The normalized spacial score (nSPS) is 10.6. The molecule has 0 aliphatic heterocycles. The number of carboxylic acid groups (broad SMARTS) is 1. The topological polar surface area (TPSA) is 70.2 Å². The molecule has 0 saturated heterocycles. The molecule has 2 rings (SSSR count). The van der Waals surface area contributed by atoms with Crippen LogP contribution in [0, 0.1) is 0 Å². The Labute approximate surface area is 99.4 Å². The van der Waals surface area contributed by atoms with Gasteiger partial charge in [0.25, 0.3) is 0 Å².